The van der Waals surface area contributed by atoms with E-state index in [-0.39, 0.29) is 12.6 Å². The van der Waals surface area contributed by atoms with Gasteiger partial charge >= 0.3 is 5.97 Å². The maximum absolute atomic E-state index is 11.2. The summed E-state index contributed by atoms with van der Waals surface area (Å²) in [7, 11) is 1.57. The second-order valence-corrected chi connectivity index (χ2v) is 3.79. The lowest BCUT2D eigenvalue weighted by atomic mass is 10.1. The maximum atomic E-state index is 11.2. The molecule has 0 aliphatic rings. The standard InChI is InChI=1S/C13H19NO4/c1-4-17-13(15)8-18-12-7-10(16-3)5-6-11(12)9(2)14/h5-7,9H,4,8,14H2,1-3H3/t9-/m0/s1. The van der Waals surface area contributed by atoms with Crippen LogP contribution in [0.25, 0.3) is 0 Å². The first kappa shape index (κ1) is 14.3. The highest BCUT2D eigenvalue weighted by Crippen LogP contribution is 2.28. The summed E-state index contributed by atoms with van der Waals surface area (Å²) in [6.45, 7) is 3.79. The highest BCUT2D eigenvalue weighted by atomic mass is 16.6. The summed E-state index contributed by atoms with van der Waals surface area (Å²) in [5.41, 5.74) is 6.65. The lowest BCUT2D eigenvalue weighted by molar-refractivity contribution is -0.145. The van der Waals surface area contributed by atoms with E-state index in [2.05, 4.69) is 0 Å². The Bertz CT molecular complexity index is 404. The number of nitrogens with two attached hydrogens (primary N) is 1. The second-order valence-electron chi connectivity index (χ2n) is 3.79. The van der Waals surface area contributed by atoms with Crippen molar-refractivity contribution >= 4 is 5.97 Å². The van der Waals surface area contributed by atoms with Crippen LogP contribution in [0.3, 0.4) is 0 Å². The molecule has 5 heteroatoms. The Morgan fingerprint density at radius 2 is 2.17 bits per heavy atom. The molecular formula is C13H19NO4. The van der Waals surface area contributed by atoms with E-state index >= 15 is 0 Å². The molecule has 0 aliphatic carbocycles. The molecule has 18 heavy (non-hydrogen) atoms. The van der Waals surface area contributed by atoms with Gasteiger partial charge in [0.15, 0.2) is 6.61 Å². The lowest BCUT2D eigenvalue weighted by Crippen LogP contribution is -2.16. The number of hydrogen-bond donors (Lipinski definition) is 1. The fourth-order valence-corrected chi connectivity index (χ4v) is 1.48. The molecule has 0 amide bonds. The number of ether oxygens (including phenoxy) is 3. The molecule has 0 radical (unpaired) electrons. The molecule has 0 aromatic heterocycles. The molecule has 0 spiro atoms. The van der Waals surface area contributed by atoms with Gasteiger partial charge in [0.2, 0.25) is 0 Å². The van der Waals surface area contributed by atoms with E-state index in [0.717, 1.165) is 5.56 Å². The Morgan fingerprint density at radius 3 is 2.72 bits per heavy atom. The van der Waals surface area contributed by atoms with Crippen LogP contribution in [-0.4, -0.2) is 26.3 Å². The van der Waals surface area contributed by atoms with Gasteiger partial charge in [0.05, 0.1) is 13.7 Å². The van der Waals surface area contributed by atoms with Crippen LogP contribution in [0.4, 0.5) is 0 Å². The minimum absolute atomic E-state index is 0.138. The topological polar surface area (TPSA) is 70.8 Å². The SMILES string of the molecule is CCOC(=O)COc1cc(OC)ccc1[C@H](C)N. The van der Waals surface area contributed by atoms with Crippen LogP contribution in [0.5, 0.6) is 11.5 Å². The van der Waals surface area contributed by atoms with Gasteiger partial charge in [0.1, 0.15) is 11.5 Å². The van der Waals surface area contributed by atoms with Crippen molar-refractivity contribution in [1.29, 1.82) is 0 Å². The van der Waals surface area contributed by atoms with Gasteiger partial charge in [-0.2, -0.15) is 0 Å². The van der Waals surface area contributed by atoms with Crippen LogP contribution in [0.1, 0.15) is 25.5 Å². The third-order valence-electron chi connectivity index (χ3n) is 2.36. The van der Waals surface area contributed by atoms with Crippen molar-refractivity contribution in [2.24, 2.45) is 5.73 Å². The van der Waals surface area contributed by atoms with Gasteiger partial charge in [-0.25, -0.2) is 4.79 Å². The summed E-state index contributed by atoms with van der Waals surface area (Å²) < 4.78 is 15.3. The number of carbonyl (C=O) groups is 1. The molecule has 100 valence electrons. The molecule has 0 aliphatic heterocycles. The predicted molar refractivity (Wildman–Crippen MR) is 67.7 cm³/mol. The first-order valence-corrected chi connectivity index (χ1v) is 5.80. The fraction of sp³-hybridized carbons (Fsp3) is 0.462. The van der Waals surface area contributed by atoms with Gasteiger partial charge in [-0.3, -0.25) is 0 Å². The van der Waals surface area contributed by atoms with E-state index in [9.17, 15) is 4.79 Å². The first-order valence-electron chi connectivity index (χ1n) is 5.80. The average Bonchev–Trinajstić information content (AvgIpc) is 2.36. The summed E-state index contributed by atoms with van der Waals surface area (Å²) >= 11 is 0. The number of methoxy groups -OCH3 is 1. The fourth-order valence-electron chi connectivity index (χ4n) is 1.48. The van der Waals surface area contributed by atoms with Crippen molar-refractivity contribution in [3.05, 3.63) is 23.8 Å². The zero-order valence-electron chi connectivity index (χ0n) is 10.9. The third-order valence-corrected chi connectivity index (χ3v) is 2.36. The van der Waals surface area contributed by atoms with Crippen LogP contribution in [0.2, 0.25) is 0 Å². The molecule has 0 saturated heterocycles. The van der Waals surface area contributed by atoms with Crippen LogP contribution in [-0.2, 0) is 9.53 Å². The van der Waals surface area contributed by atoms with Crippen molar-refractivity contribution < 1.29 is 19.0 Å². The molecule has 0 unspecified atom stereocenters. The van der Waals surface area contributed by atoms with E-state index in [4.69, 9.17) is 19.9 Å². The molecule has 5 nitrogen and oxygen atoms in total. The van der Waals surface area contributed by atoms with Gasteiger partial charge in [-0.1, -0.05) is 6.07 Å². The molecule has 1 rings (SSSR count). The second kappa shape index (κ2) is 6.86. The van der Waals surface area contributed by atoms with Crippen LogP contribution in [0.15, 0.2) is 18.2 Å². The van der Waals surface area contributed by atoms with Crippen molar-refractivity contribution in [2.75, 3.05) is 20.3 Å². The zero-order chi connectivity index (χ0) is 13.5. The van der Waals surface area contributed by atoms with E-state index in [1.807, 2.05) is 13.0 Å². The smallest absolute Gasteiger partial charge is 0.344 e. The Morgan fingerprint density at radius 1 is 1.44 bits per heavy atom. The van der Waals surface area contributed by atoms with Crippen LogP contribution >= 0.6 is 0 Å². The summed E-state index contributed by atoms with van der Waals surface area (Å²) in [5, 5.41) is 0. The minimum Gasteiger partial charge on any atom is -0.497 e. The van der Waals surface area contributed by atoms with Crippen LogP contribution in [0, 0.1) is 0 Å². The Labute approximate surface area is 107 Å². The Balaban J connectivity index is 2.80. The van der Waals surface area contributed by atoms with E-state index < -0.39 is 5.97 Å². The quantitative estimate of drug-likeness (QED) is 0.781. The summed E-state index contributed by atoms with van der Waals surface area (Å²) in [6.07, 6.45) is 0. The van der Waals surface area contributed by atoms with Crippen molar-refractivity contribution in [1.82, 2.24) is 0 Å². The first-order chi connectivity index (χ1) is 8.58. The molecular weight excluding hydrogens is 234 g/mol. The molecule has 0 heterocycles. The normalized spacial score (nSPS) is 11.8. The highest BCUT2D eigenvalue weighted by molar-refractivity contribution is 5.71. The molecule has 2 N–H and O–H groups in total. The van der Waals surface area contributed by atoms with Gasteiger partial charge in [0, 0.05) is 17.7 Å². The number of hydrogen-bond acceptors (Lipinski definition) is 5. The third kappa shape index (κ3) is 3.92. The van der Waals surface area contributed by atoms with Crippen LogP contribution < -0.4 is 15.2 Å². The maximum Gasteiger partial charge on any atom is 0.344 e. The molecule has 0 saturated carbocycles. The van der Waals surface area contributed by atoms with E-state index in [1.54, 1.807) is 26.2 Å². The van der Waals surface area contributed by atoms with Gasteiger partial charge < -0.3 is 19.9 Å². The number of esters is 1. The number of rotatable bonds is 6. The molecule has 1 aromatic rings. The molecule has 0 bridgehead atoms. The highest BCUT2D eigenvalue weighted by Gasteiger charge is 2.11. The zero-order valence-corrected chi connectivity index (χ0v) is 10.9. The van der Waals surface area contributed by atoms with Gasteiger partial charge in [0.25, 0.3) is 0 Å². The number of benzene rings is 1. The summed E-state index contributed by atoms with van der Waals surface area (Å²) in [5.74, 6) is 0.784. The van der Waals surface area contributed by atoms with Crippen molar-refractivity contribution in [3.8, 4) is 11.5 Å². The largest absolute Gasteiger partial charge is 0.497 e. The lowest BCUT2D eigenvalue weighted by Gasteiger charge is -2.14. The van der Waals surface area contributed by atoms with Crippen molar-refractivity contribution in [2.45, 2.75) is 19.9 Å². The molecule has 1 aromatic carbocycles. The van der Waals surface area contributed by atoms with E-state index in [0.29, 0.717) is 18.1 Å². The monoisotopic (exact) mass is 253 g/mol. The predicted octanol–water partition coefficient (Wildman–Crippen LogP) is 1.66. The summed E-state index contributed by atoms with van der Waals surface area (Å²) in [4.78, 5) is 11.2. The number of carbonyl (C=O) groups excluding carboxylic acids is 1. The average molecular weight is 253 g/mol. The molecule has 1 atom stereocenters. The Hall–Kier alpha value is -1.75. The minimum atomic E-state index is -0.407. The Kier molecular flexibility index (Phi) is 5.45. The summed E-state index contributed by atoms with van der Waals surface area (Å²) in [6, 6.07) is 5.14. The molecule has 0 fully saturated rings. The van der Waals surface area contributed by atoms with Crippen molar-refractivity contribution in [3.63, 3.8) is 0 Å². The van der Waals surface area contributed by atoms with E-state index in [1.165, 1.54) is 0 Å². The van der Waals surface area contributed by atoms with Gasteiger partial charge in [-0.05, 0) is 19.9 Å². The van der Waals surface area contributed by atoms with Gasteiger partial charge in [-0.15, -0.1) is 0 Å².